The third-order valence-corrected chi connectivity index (χ3v) is 5.80. The lowest BCUT2D eigenvalue weighted by atomic mass is 10.1. The zero-order chi connectivity index (χ0) is 24.4. The number of ketones is 1. The molecule has 10 nitrogen and oxygen atoms in total. The van der Waals surface area contributed by atoms with Gasteiger partial charge in [0.2, 0.25) is 0 Å². The Bertz CT molecular complexity index is 1270. The fourth-order valence-corrected chi connectivity index (χ4v) is 4.09. The normalized spacial score (nSPS) is 15.2. The van der Waals surface area contributed by atoms with E-state index in [1.54, 1.807) is 48.7 Å². The van der Waals surface area contributed by atoms with Crippen molar-refractivity contribution in [2.75, 3.05) is 17.7 Å². The van der Waals surface area contributed by atoms with Gasteiger partial charge in [0.25, 0.3) is 11.8 Å². The number of rotatable bonds is 7. The zero-order valence-corrected chi connectivity index (χ0v) is 18.7. The fraction of sp³-hybridized carbons (Fsp3) is 0.208. The van der Waals surface area contributed by atoms with Crippen molar-refractivity contribution in [1.82, 2.24) is 19.5 Å². The maximum Gasteiger partial charge on any atom is 0.269 e. The maximum absolute atomic E-state index is 12.5. The number of nitrogen functional groups attached to an aromatic ring is 1. The summed E-state index contributed by atoms with van der Waals surface area (Å²) in [4.78, 5) is 47.3. The van der Waals surface area contributed by atoms with Gasteiger partial charge < -0.3 is 21.8 Å². The summed E-state index contributed by atoms with van der Waals surface area (Å²) in [5.41, 5.74) is 7.33. The van der Waals surface area contributed by atoms with Crippen molar-refractivity contribution in [3.8, 4) is 11.3 Å². The summed E-state index contributed by atoms with van der Waals surface area (Å²) >= 11 is 0. The number of nitrogens with one attached hydrogen (secondary N) is 1. The molecule has 0 spiro atoms. The van der Waals surface area contributed by atoms with Crippen LogP contribution in [-0.2, 0) is 4.79 Å². The van der Waals surface area contributed by atoms with Crippen molar-refractivity contribution in [3.63, 3.8) is 0 Å². The van der Waals surface area contributed by atoms with Gasteiger partial charge in [-0.1, -0.05) is 24.8 Å². The minimum atomic E-state index is -0.733. The Morgan fingerprint density at radius 1 is 1.15 bits per heavy atom. The first-order valence-electron chi connectivity index (χ1n) is 10.7. The number of Topliss-reactive ketones (excluding diaryl/α,β-unsaturated/α-hetero) is 1. The zero-order valence-electron chi connectivity index (χ0n) is 18.7. The van der Waals surface area contributed by atoms with Crippen LogP contribution >= 0.6 is 0 Å². The summed E-state index contributed by atoms with van der Waals surface area (Å²) in [5.74, 6) is 5.92. The number of pyridine rings is 1. The minimum Gasteiger partial charge on any atom is -0.364 e. The molecule has 10 heteroatoms. The van der Waals surface area contributed by atoms with Crippen LogP contribution < -0.4 is 16.9 Å². The molecule has 1 atom stereocenters. The van der Waals surface area contributed by atoms with Gasteiger partial charge in [0.15, 0.2) is 17.3 Å². The molecule has 1 fully saturated rings. The van der Waals surface area contributed by atoms with E-state index in [4.69, 9.17) is 11.6 Å². The van der Waals surface area contributed by atoms with Gasteiger partial charge >= 0.3 is 0 Å². The molecule has 1 aliphatic rings. The van der Waals surface area contributed by atoms with E-state index < -0.39 is 5.91 Å². The van der Waals surface area contributed by atoms with Crippen molar-refractivity contribution in [3.05, 3.63) is 78.0 Å². The van der Waals surface area contributed by atoms with Crippen molar-refractivity contribution < 1.29 is 14.4 Å². The number of primary amides is 1. The lowest BCUT2D eigenvalue weighted by Gasteiger charge is -2.26. The number of allylic oxidation sites excluding steroid dienone is 1. The smallest absolute Gasteiger partial charge is 0.269 e. The monoisotopic (exact) mass is 459 g/mol. The number of benzene rings is 1. The van der Waals surface area contributed by atoms with E-state index in [-0.39, 0.29) is 23.4 Å². The van der Waals surface area contributed by atoms with Crippen LogP contribution in [0.1, 0.15) is 52.5 Å². The number of aromatic nitrogens is 3. The SMILES string of the molecule is C=C(C(C)=O)N1CCC[C@H]1c1nc(-c2ccc(C(=O)Nc3ccccn3)cc2)c(C(N)=O)n1N. The Hall–Kier alpha value is -4.47. The standard InChI is InChI=1S/C24H25N7O3/c1-14(15(2)32)30-13-5-6-18(30)23-29-20(21(22(25)33)31(23)26)16-8-10-17(11-9-16)24(34)28-19-7-3-4-12-27-19/h3-4,7-12,18H,1,5-6,13,26H2,2H3,(H2,25,33)(H,27,28,34)/t18-/m0/s1. The van der Waals surface area contributed by atoms with Crippen LogP contribution in [0.2, 0.25) is 0 Å². The topological polar surface area (TPSA) is 149 Å². The second kappa shape index (κ2) is 9.18. The highest BCUT2D eigenvalue weighted by atomic mass is 16.2. The number of imidazole rings is 1. The molecule has 1 aromatic carbocycles. The highest BCUT2D eigenvalue weighted by Gasteiger charge is 2.34. The molecule has 0 unspecified atom stereocenters. The Kier molecular flexibility index (Phi) is 6.13. The molecule has 1 saturated heterocycles. The third-order valence-electron chi connectivity index (χ3n) is 5.80. The molecule has 0 radical (unpaired) electrons. The van der Waals surface area contributed by atoms with E-state index in [0.717, 1.165) is 6.42 Å². The lowest BCUT2D eigenvalue weighted by Crippen LogP contribution is -2.30. The van der Waals surface area contributed by atoms with Crippen LogP contribution in [0.3, 0.4) is 0 Å². The number of nitrogens with two attached hydrogens (primary N) is 2. The Morgan fingerprint density at radius 3 is 2.50 bits per heavy atom. The number of nitrogens with zero attached hydrogens (tertiary/aromatic N) is 4. The van der Waals surface area contributed by atoms with Crippen molar-refractivity contribution in [1.29, 1.82) is 0 Å². The van der Waals surface area contributed by atoms with Crippen molar-refractivity contribution in [2.45, 2.75) is 25.8 Å². The largest absolute Gasteiger partial charge is 0.364 e. The number of hydrogen-bond acceptors (Lipinski definition) is 7. The predicted molar refractivity (Wildman–Crippen MR) is 127 cm³/mol. The van der Waals surface area contributed by atoms with Gasteiger partial charge in [0.05, 0.1) is 11.7 Å². The molecule has 2 amide bonds. The summed E-state index contributed by atoms with van der Waals surface area (Å²) in [7, 11) is 0. The van der Waals surface area contributed by atoms with Gasteiger partial charge in [-0.3, -0.25) is 14.4 Å². The molecule has 174 valence electrons. The van der Waals surface area contributed by atoms with Crippen LogP contribution in [0.15, 0.2) is 60.9 Å². The third kappa shape index (κ3) is 4.25. The van der Waals surface area contributed by atoms with Gasteiger partial charge in [0.1, 0.15) is 11.5 Å². The molecule has 0 bridgehead atoms. The molecule has 3 heterocycles. The summed E-state index contributed by atoms with van der Waals surface area (Å²) < 4.78 is 1.19. The van der Waals surface area contributed by atoms with Crippen molar-refractivity contribution in [2.24, 2.45) is 5.73 Å². The van der Waals surface area contributed by atoms with Gasteiger partial charge in [-0.15, -0.1) is 0 Å². The number of likely N-dealkylation sites (tertiary alicyclic amines) is 1. The number of anilines is 1. The molecule has 0 aliphatic carbocycles. The number of hydrogen-bond donors (Lipinski definition) is 3. The van der Waals surface area contributed by atoms with Crippen LogP contribution in [0, 0.1) is 0 Å². The molecule has 5 N–H and O–H groups in total. The first-order valence-corrected chi connectivity index (χ1v) is 10.7. The molecule has 3 aromatic rings. The van der Waals surface area contributed by atoms with E-state index in [1.165, 1.54) is 11.6 Å². The molecular weight excluding hydrogens is 434 g/mol. The Labute approximate surface area is 196 Å². The predicted octanol–water partition coefficient (Wildman–Crippen LogP) is 2.25. The summed E-state index contributed by atoms with van der Waals surface area (Å²) in [5, 5.41) is 2.72. The van der Waals surface area contributed by atoms with E-state index in [2.05, 4.69) is 21.9 Å². The van der Waals surface area contributed by atoms with Crippen LogP contribution in [-0.4, -0.2) is 43.7 Å². The molecular formula is C24H25N7O3. The fourth-order valence-electron chi connectivity index (χ4n) is 4.09. The quantitative estimate of drug-likeness (QED) is 0.362. The lowest BCUT2D eigenvalue weighted by molar-refractivity contribution is -0.115. The second-order valence-electron chi connectivity index (χ2n) is 8.00. The van der Waals surface area contributed by atoms with E-state index >= 15 is 0 Å². The Balaban J connectivity index is 1.65. The van der Waals surface area contributed by atoms with Gasteiger partial charge in [-0.25, -0.2) is 14.6 Å². The minimum absolute atomic E-state index is 0.0426. The summed E-state index contributed by atoms with van der Waals surface area (Å²) in [6.07, 6.45) is 3.11. The molecule has 0 saturated carbocycles. The number of carbonyl (C=O) groups excluding carboxylic acids is 3. The number of amides is 2. The van der Waals surface area contributed by atoms with Gasteiger partial charge in [-0.05, 0) is 37.1 Å². The van der Waals surface area contributed by atoms with Gasteiger partial charge in [-0.2, -0.15) is 0 Å². The Morgan fingerprint density at radius 2 is 1.88 bits per heavy atom. The molecule has 34 heavy (non-hydrogen) atoms. The average Bonchev–Trinajstić information content (AvgIpc) is 3.43. The highest BCUT2D eigenvalue weighted by molar-refractivity contribution is 6.04. The first-order chi connectivity index (χ1) is 16.3. The summed E-state index contributed by atoms with van der Waals surface area (Å²) in [6.45, 7) is 5.98. The van der Waals surface area contributed by atoms with Crippen molar-refractivity contribution >= 4 is 23.4 Å². The molecule has 2 aromatic heterocycles. The highest BCUT2D eigenvalue weighted by Crippen LogP contribution is 2.36. The van der Waals surface area contributed by atoms with E-state index in [1.807, 2.05) is 4.90 Å². The van der Waals surface area contributed by atoms with Crippen LogP contribution in [0.5, 0.6) is 0 Å². The average molecular weight is 460 g/mol. The number of carbonyl (C=O) groups is 3. The van der Waals surface area contributed by atoms with E-state index in [0.29, 0.717) is 47.1 Å². The first kappa shape index (κ1) is 22.7. The van der Waals surface area contributed by atoms with Crippen LogP contribution in [0.4, 0.5) is 5.82 Å². The molecule has 4 rings (SSSR count). The summed E-state index contributed by atoms with van der Waals surface area (Å²) in [6, 6.07) is 11.5. The molecule has 1 aliphatic heterocycles. The second-order valence-corrected chi connectivity index (χ2v) is 8.00. The maximum atomic E-state index is 12.5. The van der Waals surface area contributed by atoms with Crippen LogP contribution in [0.25, 0.3) is 11.3 Å². The van der Waals surface area contributed by atoms with Gasteiger partial charge in [0, 0.05) is 30.8 Å². The van der Waals surface area contributed by atoms with E-state index in [9.17, 15) is 14.4 Å².